The number of fused-ring (bicyclic) bond motifs is 1. The van der Waals surface area contributed by atoms with Crippen molar-refractivity contribution in [3.8, 4) is 0 Å². The van der Waals surface area contributed by atoms with Crippen LogP contribution < -0.4 is 16.2 Å². The Kier molecular flexibility index (Phi) is 5.41. The molecule has 2 N–H and O–H groups in total. The van der Waals surface area contributed by atoms with Gasteiger partial charge in [0.2, 0.25) is 0 Å². The molecule has 4 rings (SSSR count). The molecule has 0 bridgehead atoms. The van der Waals surface area contributed by atoms with Gasteiger partial charge < -0.3 is 9.88 Å². The predicted octanol–water partition coefficient (Wildman–Crippen LogP) is 3.41. The van der Waals surface area contributed by atoms with Gasteiger partial charge in [-0.25, -0.2) is 0 Å². The Bertz CT molecular complexity index is 925. The summed E-state index contributed by atoms with van der Waals surface area (Å²) < 4.78 is 1.69. The summed E-state index contributed by atoms with van der Waals surface area (Å²) in [5, 5.41) is 7.36. The van der Waals surface area contributed by atoms with E-state index in [1.165, 1.54) is 5.56 Å². The zero-order chi connectivity index (χ0) is 19.8. The molecule has 148 valence electrons. The van der Waals surface area contributed by atoms with Gasteiger partial charge in [-0.15, -0.1) is 0 Å². The molecular weight excluding hydrogens is 374 g/mol. The van der Waals surface area contributed by atoms with Crippen molar-refractivity contribution in [2.24, 2.45) is 5.92 Å². The largest absolute Gasteiger partial charge is 0.311 e. The van der Waals surface area contributed by atoms with Crippen LogP contribution in [0.4, 0.5) is 0 Å². The van der Waals surface area contributed by atoms with E-state index >= 15 is 0 Å². The van der Waals surface area contributed by atoms with Crippen LogP contribution in [0.25, 0.3) is 0 Å². The summed E-state index contributed by atoms with van der Waals surface area (Å²) in [4.78, 5) is 25.0. The molecule has 2 aliphatic heterocycles. The number of rotatable bonds is 3. The summed E-state index contributed by atoms with van der Waals surface area (Å²) in [6.45, 7) is 4.66. The standard InChI is InChI=1S/C22H26ClN3O2/c1-13(2)26-12-15(10-18(23)22(26)28)16-11-17-19(27)8-9-24-21(17)25-20(16)14-6-4-3-5-7-14/h3-7,10,12-13,16-17,20-21,24-25H,8-9,11H2,1-2H3. The van der Waals surface area contributed by atoms with Crippen LogP contribution in [0.1, 0.15) is 55.8 Å². The van der Waals surface area contributed by atoms with Crippen molar-refractivity contribution in [2.75, 3.05) is 6.54 Å². The molecule has 4 unspecified atom stereocenters. The lowest BCUT2D eigenvalue weighted by Crippen LogP contribution is -2.59. The van der Waals surface area contributed by atoms with E-state index in [1.54, 1.807) is 10.6 Å². The lowest BCUT2D eigenvalue weighted by molar-refractivity contribution is -0.127. The number of aromatic nitrogens is 1. The highest BCUT2D eigenvalue weighted by Crippen LogP contribution is 2.42. The van der Waals surface area contributed by atoms with Gasteiger partial charge in [-0.05, 0) is 37.5 Å². The highest BCUT2D eigenvalue weighted by Gasteiger charge is 2.42. The fourth-order valence-corrected chi connectivity index (χ4v) is 4.74. The van der Waals surface area contributed by atoms with E-state index in [4.69, 9.17) is 11.6 Å². The second-order valence-corrected chi connectivity index (χ2v) is 8.49. The van der Waals surface area contributed by atoms with Crippen LogP contribution in [0, 0.1) is 5.92 Å². The molecule has 2 aliphatic rings. The Balaban J connectivity index is 1.79. The number of hydrogen-bond donors (Lipinski definition) is 2. The van der Waals surface area contributed by atoms with Crippen molar-refractivity contribution in [1.82, 2.24) is 15.2 Å². The predicted molar refractivity (Wildman–Crippen MR) is 111 cm³/mol. The fraction of sp³-hybridized carbons (Fsp3) is 0.455. The number of carbonyl (C=O) groups excluding carboxylic acids is 1. The van der Waals surface area contributed by atoms with Gasteiger partial charge in [0, 0.05) is 43.1 Å². The first-order valence-electron chi connectivity index (χ1n) is 9.94. The third-order valence-corrected chi connectivity index (χ3v) is 6.26. The van der Waals surface area contributed by atoms with E-state index in [2.05, 4.69) is 22.8 Å². The number of hydrogen-bond acceptors (Lipinski definition) is 4. The Hall–Kier alpha value is -1.95. The van der Waals surface area contributed by atoms with Gasteiger partial charge in [0.05, 0.1) is 6.17 Å². The molecule has 2 fully saturated rings. The Labute approximate surface area is 170 Å². The summed E-state index contributed by atoms with van der Waals surface area (Å²) in [7, 11) is 0. The van der Waals surface area contributed by atoms with Crippen molar-refractivity contribution in [1.29, 1.82) is 0 Å². The van der Waals surface area contributed by atoms with Crippen LogP contribution in [-0.2, 0) is 4.79 Å². The lowest BCUT2D eigenvalue weighted by atomic mass is 9.74. The summed E-state index contributed by atoms with van der Waals surface area (Å²) >= 11 is 6.31. The first kappa shape index (κ1) is 19.4. The smallest absolute Gasteiger partial charge is 0.269 e. The van der Waals surface area contributed by atoms with Gasteiger partial charge >= 0.3 is 0 Å². The normalized spacial score (nSPS) is 27.6. The van der Waals surface area contributed by atoms with E-state index in [0.29, 0.717) is 18.7 Å². The maximum Gasteiger partial charge on any atom is 0.269 e. The average Bonchev–Trinajstić information content (AvgIpc) is 2.70. The maximum absolute atomic E-state index is 12.6. The molecule has 3 heterocycles. The Morgan fingerprint density at radius 3 is 2.57 bits per heavy atom. The number of nitrogens with one attached hydrogen (secondary N) is 2. The van der Waals surface area contributed by atoms with Crippen LogP contribution in [0.3, 0.4) is 0 Å². The molecule has 0 saturated carbocycles. The molecule has 2 aromatic rings. The first-order chi connectivity index (χ1) is 13.5. The highest BCUT2D eigenvalue weighted by molar-refractivity contribution is 6.30. The molecular formula is C22H26ClN3O2. The zero-order valence-electron chi connectivity index (χ0n) is 16.2. The average molecular weight is 400 g/mol. The molecule has 2 saturated heterocycles. The highest BCUT2D eigenvalue weighted by atomic mass is 35.5. The number of pyridine rings is 1. The number of nitrogens with zero attached hydrogens (tertiary/aromatic N) is 1. The molecule has 0 amide bonds. The number of piperidine rings is 2. The number of halogens is 1. The summed E-state index contributed by atoms with van der Waals surface area (Å²) in [5.41, 5.74) is 1.99. The van der Waals surface area contributed by atoms with Crippen molar-refractivity contribution in [3.63, 3.8) is 0 Å². The minimum atomic E-state index is -0.172. The van der Waals surface area contributed by atoms with E-state index < -0.39 is 0 Å². The van der Waals surface area contributed by atoms with Crippen molar-refractivity contribution < 1.29 is 4.79 Å². The van der Waals surface area contributed by atoms with E-state index in [9.17, 15) is 9.59 Å². The second kappa shape index (κ2) is 7.82. The van der Waals surface area contributed by atoms with Crippen LogP contribution in [0.5, 0.6) is 0 Å². The van der Waals surface area contributed by atoms with Gasteiger partial charge in [0.1, 0.15) is 10.8 Å². The number of Topliss-reactive ketones (excluding diaryl/α,β-unsaturated/α-hetero) is 1. The van der Waals surface area contributed by atoms with Gasteiger partial charge in [0.15, 0.2) is 0 Å². The SMILES string of the molecule is CC(C)n1cc(C2CC3C(=O)CCNC3NC2c2ccccc2)cc(Cl)c1=O. The van der Waals surface area contributed by atoms with E-state index in [1.807, 2.05) is 38.2 Å². The molecule has 5 nitrogen and oxygen atoms in total. The third-order valence-electron chi connectivity index (χ3n) is 5.98. The molecule has 0 spiro atoms. The van der Waals surface area contributed by atoms with Crippen LogP contribution in [0.15, 0.2) is 47.4 Å². The van der Waals surface area contributed by atoms with Crippen molar-refractivity contribution in [3.05, 3.63) is 69.1 Å². The van der Waals surface area contributed by atoms with Crippen LogP contribution in [0.2, 0.25) is 5.02 Å². The maximum atomic E-state index is 12.6. The minimum Gasteiger partial charge on any atom is -0.311 e. The molecule has 0 aliphatic carbocycles. The van der Waals surface area contributed by atoms with E-state index in [0.717, 1.165) is 12.0 Å². The molecule has 28 heavy (non-hydrogen) atoms. The summed E-state index contributed by atoms with van der Waals surface area (Å²) in [6.07, 6.45) is 3.20. The molecule has 1 aromatic carbocycles. The third kappa shape index (κ3) is 3.54. The Morgan fingerprint density at radius 2 is 1.86 bits per heavy atom. The number of carbonyl (C=O) groups is 1. The summed E-state index contributed by atoms with van der Waals surface area (Å²) in [6, 6.07) is 12.1. The topological polar surface area (TPSA) is 63.1 Å². The first-order valence-corrected chi connectivity index (χ1v) is 10.3. The van der Waals surface area contributed by atoms with Gasteiger partial charge in [0.25, 0.3) is 5.56 Å². The van der Waals surface area contributed by atoms with Crippen molar-refractivity contribution >= 4 is 17.4 Å². The van der Waals surface area contributed by atoms with Gasteiger partial charge in [-0.2, -0.15) is 0 Å². The van der Waals surface area contributed by atoms with Crippen LogP contribution >= 0.6 is 11.6 Å². The van der Waals surface area contributed by atoms with Gasteiger partial charge in [-0.3, -0.25) is 14.9 Å². The molecule has 0 radical (unpaired) electrons. The molecule has 4 atom stereocenters. The van der Waals surface area contributed by atoms with E-state index in [-0.39, 0.29) is 40.7 Å². The van der Waals surface area contributed by atoms with Gasteiger partial charge in [-0.1, -0.05) is 41.9 Å². The monoisotopic (exact) mass is 399 g/mol. The molecule has 1 aromatic heterocycles. The molecule has 6 heteroatoms. The minimum absolute atomic E-state index is 0.0161. The number of benzene rings is 1. The van der Waals surface area contributed by atoms with Crippen molar-refractivity contribution in [2.45, 2.75) is 50.9 Å². The quantitative estimate of drug-likeness (QED) is 0.830. The number of ketones is 1. The zero-order valence-corrected chi connectivity index (χ0v) is 16.9. The fourth-order valence-electron chi connectivity index (χ4n) is 4.52. The van der Waals surface area contributed by atoms with Crippen LogP contribution in [-0.4, -0.2) is 23.1 Å². The summed E-state index contributed by atoms with van der Waals surface area (Å²) in [5.74, 6) is 0.281. The Morgan fingerprint density at radius 1 is 1.11 bits per heavy atom. The second-order valence-electron chi connectivity index (χ2n) is 8.08. The lowest BCUT2D eigenvalue weighted by Gasteiger charge is -2.45.